The van der Waals surface area contributed by atoms with E-state index < -0.39 is 0 Å². The fourth-order valence-electron chi connectivity index (χ4n) is 1.20. The van der Waals surface area contributed by atoms with Crippen LogP contribution >= 0.6 is 0 Å². The zero-order valence-corrected chi connectivity index (χ0v) is 12.4. The summed E-state index contributed by atoms with van der Waals surface area (Å²) in [5, 5.41) is 0. The Morgan fingerprint density at radius 1 is 1.17 bits per heavy atom. The van der Waals surface area contributed by atoms with Crippen molar-refractivity contribution in [2.24, 2.45) is 0 Å². The number of hydrogen-bond acceptors (Lipinski definition) is 3. The Morgan fingerprint density at radius 2 is 1.67 bits per heavy atom. The summed E-state index contributed by atoms with van der Waals surface area (Å²) >= 11 is 0. The number of carbonyl (C=O) groups is 1. The molecule has 3 heteroatoms. The highest BCUT2D eigenvalue weighted by molar-refractivity contribution is 5.20. The highest BCUT2D eigenvalue weighted by Gasteiger charge is 1.86. The van der Waals surface area contributed by atoms with Gasteiger partial charge in [-0.1, -0.05) is 35.4 Å². The Labute approximate surface area is 112 Å². The number of ether oxygens (including phenoxy) is 1. The average molecular weight is 253 g/mol. The third kappa shape index (κ3) is 14.8. The average Bonchev–Trinajstić information content (AvgIpc) is 2.32. The number of benzene rings is 1. The molecule has 0 fully saturated rings. The van der Waals surface area contributed by atoms with Gasteiger partial charge in [0.1, 0.15) is 6.79 Å². The van der Waals surface area contributed by atoms with Crippen LogP contribution < -0.4 is 0 Å². The number of rotatable bonds is 4. The van der Waals surface area contributed by atoms with Crippen LogP contribution in [0.15, 0.2) is 24.3 Å². The Morgan fingerprint density at radius 3 is 1.94 bits per heavy atom. The Bertz CT molecular complexity index is 270. The van der Waals surface area contributed by atoms with E-state index in [-0.39, 0.29) is 0 Å². The maximum atomic E-state index is 8.00. The minimum atomic E-state index is 0.827. The predicted octanol–water partition coefficient (Wildman–Crippen LogP) is 2.70. The highest BCUT2D eigenvalue weighted by Crippen LogP contribution is 2.00. The smallest absolute Gasteiger partial charge is 0.106 e. The van der Waals surface area contributed by atoms with E-state index >= 15 is 0 Å². The third-order valence-corrected chi connectivity index (χ3v) is 2.06. The van der Waals surface area contributed by atoms with Crippen molar-refractivity contribution < 1.29 is 9.53 Å². The summed E-state index contributed by atoms with van der Waals surface area (Å²) in [5.74, 6) is 0. The summed E-state index contributed by atoms with van der Waals surface area (Å²) in [4.78, 5) is 10.1. The zero-order chi connectivity index (χ0) is 14.4. The van der Waals surface area contributed by atoms with Crippen LogP contribution in [0.25, 0.3) is 0 Å². The molecular weight excluding hydrogens is 226 g/mol. The minimum absolute atomic E-state index is 0.827. The van der Waals surface area contributed by atoms with E-state index in [0.29, 0.717) is 0 Å². The standard InChI is InChI=1S/C8H10.C6H15NO.CH2O/c1-7-4-3-5-8(2)6-7;1-4-8-6-5-7(2)3;1-2/h3-6H,1-2H3;4-6H2,1-3H3;1H2. The van der Waals surface area contributed by atoms with E-state index in [2.05, 4.69) is 43.0 Å². The molecular formula is C15H27NO2. The molecule has 0 aliphatic carbocycles. The van der Waals surface area contributed by atoms with Crippen LogP contribution in [0.1, 0.15) is 18.1 Å². The largest absolute Gasteiger partial charge is 0.380 e. The van der Waals surface area contributed by atoms with E-state index in [4.69, 9.17) is 9.53 Å². The Kier molecular flexibility index (Phi) is 14.8. The lowest BCUT2D eigenvalue weighted by atomic mass is 10.2. The maximum absolute atomic E-state index is 8.00. The molecule has 0 aromatic heterocycles. The van der Waals surface area contributed by atoms with Crippen molar-refractivity contribution in [2.45, 2.75) is 20.8 Å². The van der Waals surface area contributed by atoms with Gasteiger partial charge < -0.3 is 14.4 Å². The zero-order valence-electron chi connectivity index (χ0n) is 12.4. The molecule has 0 bridgehead atoms. The Hall–Kier alpha value is -1.19. The second-order valence-corrected chi connectivity index (χ2v) is 4.16. The highest BCUT2D eigenvalue weighted by atomic mass is 16.5. The lowest BCUT2D eigenvalue weighted by Crippen LogP contribution is -2.17. The lowest BCUT2D eigenvalue weighted by molar-refractivity contribution is -0.0979. The van der Waals surface area contributed by atoms with E-state index in [1.54, 1.807) is 0 Å². The predicted molar refractivity (Wildman–Crippen MR) is 78.1 cm³/mol. The number of aryl methyl sites for hydroxylation is 2. The molecule has 3 nitrogen and oxygen atoms in total. The van der Waals surface area contributed by atoms with Gasteiger partial charge in [0.25, 0.3) is 0 Å². The SMILES string of the molecule is C=O.CCOCCN(C)C.Cc1cccc(C)c1. The molecule has 104 valence electrons. The summed E-state index contributed by atoms with van der Waals surface area (Å²) in [6.45, 7) is 10.9. The summed E-state index contributed by atoms with van der Waals surface area (Å²) < 4.78 is 5.10. The van der Waals surface area contributed by atoms with Gasteiger partial charge in [0.05, 0.1) is 6.61 Å². The van der Waals surface area contributed by atoms with E-state index in [1.807, 2.05) is 27.8 Å². The molecule has 0 N–H and O–H groups in total. The number of likely N-dealkylation sites (N-methyl/N-ethyl adjacent to an activating group) is 1. The topological polar surface area (TPSA) is 29.5 Å². The van der Waals surface area contributed by atoms with Gasteiger partial charge in [-0.15, -0.1) is 0 Å². The monoisotopic (exact) mass is 253 g/mol. The molecule has 1 aromatic carbocycles. The van der Waals surface area contributed by atoms with E-state index in [0.717, 1.165) is 19.8 Å². The summed E-state index contributed by atoms with van der Waals surface area (Å²) in [6.07, 6.45) is 0. The first-order valence-electron chi connectivity index (χ1n) is 6.11. The quantitative estimate of drug-likeness (QED) is 0.773. The molecule has 0 spiro atoms. The van der Waals surface area contributed by atoms with E-state index in [9.17, 15) is 0 Å². The molecule has 0 radical (unpaired) electrons. The van der Waals surface area contributed by atoms with Crippen molar-refractivity contribution in [3.8, 4) is 0 Å². The lowest BCUT2D eigenvalue weighted by Gasteiger charge is -2.07. The van der Waals surface area contributed by atoms with Crippen molar-refractivity contribution in [2.75, 3.05) is 33.9 Å². The minimum Gasteiger partial charge on any atom is -0.380 e. The van der Waals surface area contributed by atoms with Crippen LogP contribution in [-0.4, -0.2) is 45.5 Å². The second kappa shape index (κ2) is 13.9. The molecule has 1 rings (SSSR count). The Balaban J connectivity index is 0. The van der Waals surface area contributed by atoms with Crippen molar-refractivity contribution in [3.05, 3.63) is 35.4 Å². The fourth-order valence-corrected chi connectivity index (χ4v) is 1.20. The van der Waals surface area contributed by atoms with Crippen molar-refractivity contribution >= 4 is 6.79 Å². The first-order valence-corrected chi connectivity index (χ1v) is 6.11. The molecule has 1 aromatic rings. The van der Waals surface area contributed by atoms with Gasteiger partial charge in [0.2, 0.25) is 0 Å². The van der Waals surface area contributed by atoms with Gasteiger partial charge in [0, 0.05) is 13.2 Å². The molecule has 0 saturated heterocycles. The van der Waals surface area contributed by atoms with Crippen molar-refractivity contribution in [1.82, 2.24) is 4.90 Å². The third-order valence-electron chi connectivity index (χ3n) is 2.06. The van der Waals surface area contributed by atoms with E-state index in [1.165, 1.54) is 11.1 Å². The molecule has 0 aliphatic rings. The first kappa shape index (κ1) is 19.2. The fraction of sp³-hybridized carbons (Fsp3) is 0.533. The van der Waals surface area contributed by atoms with Crippen molar-refractivity contribution in [1.29, 1.82) is 0 Å². The molecule has 0 aliphatic heterocycles. The summed E-state index contributed by atoms with van der Waals surface area (Å²) in [6, 6.07) is 8.45. The first-order chi connectivity index (χ1) is 8.56. The van der Waals surface area contributed by atoms with Crippen molar-refractivity contribution in [3.63, 3.8) is 0 Å². The van der Waals surface area contributed by atoms with Crippen LogP contribution in [0.3, 0.4) is 0 Å². The maximum Gasteiger partial charge on any atom is 0.106 e. The number of carbonyl (C=O) groups excluding carboxylic acids is 1. The normalized spacial score (nSPS) is 9.00. The van der Waals surface area contributed by atoms with Crippen LogP contribution in [0.5, 0.6) is 0 Å². The van der Waals surface area contributed by atoms with Crippen LogP contribution in [0.2, 0.25) is 0 Å². The number of nitrogens with zero attached hydrogens (tertiary/aromatic N) is 1. The second-order valence-electron chi connectivity index (χ2n) is 4.16. The van der Waals surface area contributed by atoms with Gasteiger partial charge in [-0.25, -0.2) is 0 Å². The van der Waals surface area contributed by atoms with Gasteiger partial charge in [0.15, 0.2) is 0 Å². The van der Waals surface area contributed by atoms with Gasteiger partial charge in [-0.2, -0.15) is 0 Å². The number of hydrogen-bond donors (Lipinski definition) is 0. The molecule has 0 heterocycles. The van der Waals surface area contributed by atoms with Crippen LogP contribution in [-0.2, 0) is 9.53 Å². The molecule has 0 saturated carbocycles. The van der Waals surface area contributed by atoms with Crippen LogP contribution in [0.4, 0.5) is 0 Å². The molecule has 0 amide bonds. The van der Waals surface area contributed by atoms with Gasteiger partial charge in [-0.3, -0.25) is 0 Å². The van der Waals surface area contributed by atoms with Crippen LogP contribution in [0, 0.1) is 13.8 Å². The summed E-state index contributed by atoms with van der Waals surface area (Å²) in [7, 11) is 4.08. The van der Waals surface area contributed by atoms with Gasteiger partial charge >= 0.3 is 0 Å². The van der Waals surface area contributed by atoms with Gasteiger partial charge in [-0.05, 0) is 34.9 Å². The molecule has 0 unspecified atom stereocenters. The molecule has 0 atom stereocenters. The molecule has 18 heavy (non-hydrogen) atoms. The summed E-state index contributed by atoms with van der Waals surface area (Å²) in [5.41, 5.74) is 2.68.